The van der Waals surface area contributed by atoms with Gasteiger partial charge in [0.2, 0.25) is 0 Å². The third-order valence-electron chi connectivity index (χ3n) is 3.67. The molecule has 3 rings (SSSR count). The minimum atomic E-state index is 0.242. The van der Waals surface area contributed by atoms with E-state index in [0.29, 0.717) is 5.92 Å². The maximum absolute atomic E-state index is 5.80. The summed E-state index contributed by atoms with van der Waals surface area (Å²) >= 11 is 2.02. The number of fused-ring (bicyclic) bond motifs is 1. The van der Waals surface area contributed by atoms with Crippen molar-refractivity contribution in [3.63, 3.8) is 0 Å². The number of hydrogen-bond acceptors (Lipinski definition) is 4. The number of aromatic nitrogens is 1. The topological polar surface area (TPSA) is 50.9 Å². The van der Waals surface area contributed by atoms with E-state index < -0.39 is 0 Å². The average molecular weight is 259 g/mol. The van der Waals surface area contributed by atoms with Crippen LogP contribution in [0.2, 0.25) is 0 Å². The van der Waals surface area contributed by atoms with Crippen molar-refractivity contribution in [1.82, 2.24) is 10.4 Å². The van der Waals surface area contributed by atoms with Gasteiger partial charge in [-0.2, -0.15) is 11.8 Å². The SMILES string of the molecule is NNC(c1cccc2cnccc12)C1CCSC1. The number of hydrogen-bond donors (Lipinski definition) is 2. The molecule has 2 atom stereocenters. The number of hydrazine groups is 1. The van der Waals surface area contributed by atoms with Gasteiger partial charge in [0.05, 0.1) is 6.04 Å². The lowest BCUT2D eigenvalue weighted by Gasteiger charge is -2.23. The molecular weight excluding hydrogens is 242 g/mol. The molecule has 0 saturated carbocycles. The Kier molecular flexibility index (Phi) is 3.50. The van der Waals surface area contributed by atoms with Crippen molar-refractivity contribution in [3.8, 4) is 0 Å². The lowest BCUT2D eigenvalue weighted by Crippen LogP contribution is -2.33. The molecule has 2 unspecified atom stereocenters. The zero-order valence-corrected chi connectivity index (χ0v) is 11.0. The fourth-order valence-corrected chi connectivity index (χ4v) is 4.01. The highest BCUT2D eigenvalue weighted by molar-refractivity contribution is 7.99. The van der Waals surface area contributed by atoms with Crippen LogP contribution in [0.25, 0.3) is 10.8 Å². The number of thioether (sulfide) groups is 1. The van der Waals surface area contributed by atoms with Crippen molar-refractivity contribution in [2.24, 2.45) is 11.8 Å². The Morgan fingerprint density at radius 1 is 1.39 bits per heavy atom. The Bertz CT molecular complexity index is 532. The summed E-state index contributed by atoms with van der Waals surface area (Å²) < 4.78 is 0. The van der Waals surface area contributed by atoms with Crippen molar-refractivity contribution in [2.45, 2.75) is 12.5 Å². The second kappa shape index (κ2) is 5.26. The molecular formula is C14H17N3S. The van der Waals surface area contributed by atoms with Crippen LogP contribution in [0.15, 0.2) is 36.7 Å². The lowest BCUT2D eigenvalue weighted by molar-refractivity contribution is 0.403. The molecule has 1 aromatic carbocycles. The van der Waals surface area contributed by atoms with Crippen LogP contribution in [0.5, 0.6) is 0 Å². The molecule has 3 nitrogen and oxygen atoms in total. The number of pyridine rings is 1. The molecule has 0 radical (unpaired) electrons. The van der Waals surface area contributed by atoms with Crippen molar-refractivity contribution >= 4 is 22.5 Å². The average Bonchev–Trinajstić information content (AvgIpc) is 2.94. The molecule has 0 spiro atoms. The van der Waals surface area contributed by atoms with E-state index in [2.05, 4.69) is 34.7 Å². The van der Waals surface area contributed by atoms with E-state index in [4.69, 9.17) is 5.84 Å². The van der Waals surface area contributed by atoms with E-state index >= 15 is 0 Å². The summed E-state index contributed by atoms with van der Waals surface area (Å²) in [5.74, 6) is 8.86. The van der Waals surface area contributed by atoms with Crippen LogP contribution >= 0.6 is 11.8 Å². The highest BCUT2D eigenvalue weighted by atomic mass is 32.2. The molecule has 2 aromatic rings. The maximum atomic E-state index is 5.80. The molecule has 94 valence electrons. The molecule has 0 bridgehead atoms. The number of rotatable bonds is 3. The standard InChI is InChI=1S/C14H17N3S/c15-17-14(11-5-7-18-9-11)13-3-1-2-10-8-16-6-4-12(10)13/h1-4,6,8,11,14,17H,5,7,9,15H2. The molecule has 0 amide bonds. The molecule has 1 fully saturated rings. The second-order valence-electron chi connectivity index (χ2n) is 4.71. The van der Waals surface area contributed by atoms with E-state index in [9.17, 15) is 0 Å². The van der Waals surface area contributed by atoms with Gasteiger partial charge in [0.1, 0.15) is 0 Å². The minimum absolute atomic E-state index is 0.242. The molecule has 3 N–H and O–H groups in total. The number of nitrogens with one attached hydrogen (secondary N) is 1. The largest absolute Gasteiger partial charge is 0.271 e. The van der Waals surface area contributed by atoms with Gasteiger partial charge in [0.25, 0.3) is 0 Å². The summed E-state index contributed by atoms with van der Waals surface area (Å²) in [6.07, 6.45) is 5.00. The van der Waals surface area contributed by atoms with Gasteiger partial charge in [-0.15, -0.1) is 0 Å². The Hall–Kier alpha value is -1.10. The van der Waals surface area contributed by atoms with Crippen LogP contribution in [0, 0.1) is 5.92 Å². The smallest absolute Gasteiger partial charge is 0.0502 e. The predicted molar refractivity (Wildman–Crippen MR) is 77.2 cm³/mol. The lowest BCUT2D eigenvalue weighted by atomic mass is 9.90. The molecule has 1 saturated heterocycles. The van der Waals surface area contributed by atoms with Gasteiger partial charge < -0.3 is 0 Å². The molecule has 1 aliphatic heterocycles. The summed E-state index contributed by atoms with van der Waals surface area (Å²) in [7, 11) is 0. The predicted octanol–water partition coefficient (Wildman–Crippen LogP) is 2.49. The van der Waals surface area contributed by atoms with Crippen molar-refractivity contribution < 1.29 is 0 Å². The Balaban J connectivity index is 2.06. The minimum Gasteiger partial charge on any atom is -0.271 e. The van der Waals surface area contributed by atoms with Crippen LogP contribution in [0.3, 0.4) is 0 Å². The van der Waals surface area contributed by atoms with Crippen molar-refractivity contribution in [1.29, 1.82) is 0 Å². The van der Waals surface area contributed by atoms with Crippen LogP contribution in [-0.4, -0.2) is 16.5 Å². The Labute approximate surface area is 111 Å². The summed E-state index contributed by atoms with van der Waals surface area (Å²) in [5.41, 5.74) is 4.31. The molecule has 0 aliphatic carbocycles. The molecule has 1 aliphatic rings. The summed E-state index contributed by atoms with van der Waals surface area (Å²) in [4.78, 5) is 4.18. The highest BCUT2D eigenvalue weighted by Crippen LogP contribution is 2.36. The van der Waals surface area contributed by atoms with E-state index in [0.717, 1.165) is 0 Å². The Morgan fingerprint density at radius 3 is 3.11 bits per heavy atom. The second-order valence-corrected chi connectivity index (χ2v) is 5.86. The van der Waals surface area contributed by atoms with Crippen molar-refractivity contribution in [3.05, 3.63) is 42.2 Å². The van der Waals surface area contributed by atoms with Gasteiger partial charge in [0.15, 0.2) is 0 Å². The third kappa shape index (κ3) is 2.11. The monoisotopic (exact) mass is 259 g/mol. The van der Waals surface area contributed by atoms with Gasteiger partial charge in [-0.3, -0.25) is 16.3 Å². The Morgan fingerprint density at radius 2 is 2.33 bits per heavy atom. The van der Waals surface area contributed by atoms with Gasteiger partial charge >= 0.3 is 0 Å². The fourth-order valence-electron chi connectivity index (χ4n) is 2.71. The van der Waals surface area contributed by atoms with Crippen LogP contribution < -0.4 is 11.3 Å². The molecule has 4 heteroatoms. The first-order valence-electron chi connectivity index (χ1n) is 6.26. The fraction of sp³-hybridized carbons (Fsp3) is 0.357. The zero-order chi connectivity index (χ0) is 12.4. The first-order chi connectivity index (χ1) is 8.90. The normalized spacial score (nSPS) is 21.3. The number of nitrogens with zero attached hydrogens (tertiary/aromatic N) is 1. The van der Waals surface area contributed by atoms with E-state index in [1.165, 1.54) is 34.3 Å². The van der Waals surface area contributed by atoms with Gasteiger partial charge in [0, 0.05) is 17.8 Å². The van der Waals surface area contributed by atoms with Gasteiger partial charge in [-0.25, -0.2) is 0 Å². The first-order valence-corrected chi connectivity index (χ1v) is 7.42. The molecule has 2 heterocycles. The third-order valence-corrected chi connectivity index (χ3v) is 4.85. The van der Waals surface area contributed by atoms with Gasteiger partial charge in [-0.1, -0.05) is 18.2 Å². The van der Waals surface area contributed by atoms with Gasteiger partial charge in [-0.05, 0) is 40.9 Å². The molecule has 18 heavy (non-hydrogen) atoms. The molecule has 1 aromatic heterocycles. The summed E-state index contributed by atoms with van der Waals surface area (Å²) in [6, 6.07) is 8.69. The highest BCUT2D eigenvalue weighted by Gasteiger charge is 2.26. The number of nitrogens with two attached hydrogens (primary N) is 1. The van der Waals surface area contributed by atoms with E-state index in [1.54, 1.807) is 0 Å². The van der Waals surface area contributed by atoms with Crippen molar-refractivity contribution in [2.75, 3.05) is 11.5 Å². The van der Waals surface area contributed by atoms with Crippen LogP contribution in [0.4, 0.5) is 0 Å². The maximum Gasteiger partial charge on any atom is 0.0502 e. The van der Waals surface area contributed by atoms with E-state index in [-0.39, 0.29) is 6.04 Å². The summed E-state index contributed by atoms with van der Waals surface area (Å²) in [5, 5.41) is 2.44. The van der Waals surface area contributed by atoms with Crippen LogP contribution in [-0.2, 0) is 0 Å². The number of benzene rings is 1. The zero-order valence-electron chi connectivity index (χ0n) is 10.2. The van der Waals surface area contributed by atoms with Crippen LogP contribution in [0.1, 0.15) is 18.0 Å². The summed E-state index contributed by atoms with van der Waals surface area (Å²) in [6.45, 7) is 0. The van der Waals surface area contributed by atoms with E-state index in [1.807, 2.05) is 24.2 Å². The quantitative estimate of drug-likeness (QED) is 0.657. The first kappa shape index (κ1) is 12.0.